The number of rotatable bonds is 12. The first kappa shape index (κ1) is 28.5. The number of hydrogen-bond donors (Lipinski definition) is 3. The third-order valence-corrected chi connectivity index (χ3v) is 9.06. The summed E-state index contributed by atoms with van der Waals surface area (Å²) in [5, 5.41) is 23.6. The zero-order valence-corrected chi connectivity index (χ0v) is 24.0. The molecule has 1 saturated heterocycles. The number of carboxylic acids is 1. The van der Waals surface area contributed by atoms with Crippen LogP contribution in [-0.2, 0) is 40.3 Å². The molecule has 2 amide bonds. The summed E-state index contributed by atoms with van der Waals surface area (Å²) in [5.41, 5.74) is 8.95. The average molecular weight is 581 g/mol. The fraction of sp³-hybridized carbons (Fsp3) is 0.444. The average Bonchev–Trinajstić information content (AvgIpc) is 3.64. The number of nitrogens with one attached hydrogen (secondary N) is 1. The first-order valence-corrected chi connectivity index (χ1v) is 14.5. The van der Waals surface area contributed by atoms with Gasteiger partial charge in [0.2, 0.25) is 18.0 Å². The van der Waals surface area contributed by atoms with Gasteiger partial charge in [0.25, 0.3) is 0 Å². The van der Waals surface area contributed by atoms with E-state index >= 15 is 0 Å². The van der Waals surface area contributed by atoms with E-state index in [-0.39, 0.29) is 36.0 Å². The highest BCUT2D eigenvalue weighted by molar-refractivity contribution is 8.02. The number of aromatic nitrogens is 6. The van der Waals surface area contributed by atoms with Gasteiger partial charge in [-0.25, -0.2) is 9.48 Å². The van der Waals surface area contributed by atoms with Gasteiger partial charge < -0.3 is 21.1 Å². The molecule has 5 rings (SSSR count). The Hall–Kier alpha value is -4.04. The smallest absolute Gasteiger partial charge is 0.353 e. The molecule has 2 aliphatic rings. The van der Waals surface area contributed by atoms with Crippen LogP contribution in [0.3, 0.4) is 0 Å². The third kappa shape index (κ3) is 5.61. The molecule has 4 heterocycles. The van der Waals surface area contributed by atoms with Crippen molar-refractivity contribution in [3.63, 3.8) is 0 Å². The van der Waals surface area contributed by atoms with E-state index in [9.17, 15) is 19.5 Å². The van der Waals surface area contributed by atoms with E-state index in [2.05, 4.69) is 54.7 Å². The second kappa shape index (κ2) is 11.8. The number of β-lactam (4-membered cyclic amide) rings is 1. The number of thioether (sulfide) groups is 1. The van der Waals surface area contributed by atoms with Crippen molar-refractivity contribution in [2.75, 3.05) is 6.54 Å². The van der Waals surface area contributed by atoms with Gasteiger partial charge in [-0.05, 0) is 41.4 Å². The molecule has 1 fully saturated rings. The van der Waals surface area contributed by atoms with Crippen molar-refractivity contribution in [3.05, 3.63) is 59.2 Å². The molecule has 2 aromatic heterocycles. The Bertz CT molecular complexity index is 1470. The maximum Gasteiger partial charge on any atom is 0.353 e. The van der Waals surface area contributed by atoms with Gasteiger partial charge in [0.1, 0.15) is 18.6 Å². The van der Waals surface area contributed by atoms with Crippen LogP contribution in [-0.4, -0.2) is 71.3 Å². The van der Waals surface area contributed by atoms with E-state index in [1.54, 1.807) is 6.92 Å². The van der Waals surface area contributed by atoms with Crippen molar-refractivity contribution in [1.29, 1.82) is 0 Å². The molecular formula is C27H34N9O4S+. The monoisotopic (exact) mass is 580 g/mol. The molecule has 216 valence electrons. The molecule has 2 aliphatic heterocycles. The number of benzene rings is 1. The number of aliphatic carboxylic acids is 1. The van der Waals surface area contributed by atoms with Crippen LogP contribution in [0.5, 0.6) is 0 Å². The van der Waals surface area contributed by atoms with E-state index in [0.29, 0.717) is 17.2 Å². The Labute approximate surface area is 241 Å². The van der Waals surface area contributed by atoms with Crippen LogP contribution in [0.2, 0.25) is 0 Å². The van der Waals surface area contributed by atoms with Crippen LogP contribution in [0.25, 0.3) is 11.1 Å². The van der Waals surface area contributed by atoms with Crippen molar-refractivity contribution in [1.82, 2.24) is 35.1 Å². The number of hydrogen-bond acceptors (Lipinski definition) is 8. The number of carbonyl (C=O) groups is 3. The SMILES string of the molecule is C[C@@H](NC(=O)Cn1cnnn1)[C@H]1C(=O)N2C(C(=O)O)=C(SCc3ccc(-c4cn(CCCN)[n+](C)c4)cc3)[C@H](C)[C@H]12. The standard InChI is InChI=1S/C27H33N9O4S/c1-16-23-22(17(2)30-21(37)13-34-15-29-31-32-34)26(38)36(23)24(27(39)40)25(16)41-14-18-5-7-19(8-6-18)20-11-33(3)35(12-20)10-4-9-28/h5-8,11-12,15-17,22-23H,4,9-10,13-14,28H2,1-3H3,(H-,30,37,39,40)/p+1/t16-,17-,22-,23-/m1/s1. The molecule has 0 spiro atoms. The van der Waals surface area contributed by atoms with Gasteiger partial charge in [-0.15, -0.1) is 21.5 Å². The predicted molar refractivity (Wildman–Crippen MR) is 149 cm³/mol. The molecule has 0 unspecified atom stereocenters. The van der Waals surface area contributed by atoms with Gasteiger partial charge in [0, 0.05) is 22.6 Å². The summed E-state index contributed by atoms with van der Waals surface area (Å²) < 4.78 is 5.47. The Morgan fingerprint density at radius 3 is 2.66 bits per heavy atom. The molecule has 0 saturated carbocycles. The minimum absolute atomic E-state index is 0.0453. The number of tetrazole rings is 1. The zero-order chi connectivity index (χ0) is 29.3. The number of aryl methyl sites for hydroxylation is 2. The van der Waals surface area contributed by atoms with Crippen LogP contribution in [0, 0.1) is 11.8 Å². The fourth-order valence-electron chi connectivity index (χ4n) is 5.66. The second-order valence-corrected chi connectivity index (χ2v) is 11.5. The number of carbonyl (C=O) groups excluding carboxylic acids is 2. The van der Waals surface area contributed by atoms with Crippen molar-refractivity contribution in [2.45, 2.75) is 51.2 Å². The number of amides is 2. The summed E-state index contributed by atoms with van der Waals surface area (Å²) in [7, 11) is 2.01. The summed E-state index contributed by atoms with van der Waals surface area (Å²) in [5.74, 6) is -1.87. The second-order valence-electron chi connectivity index (χ2n) is 10.5. The first-order valence-electron chi connectivity index (χ1n) is 13.5. The van der Waals surface area contributed by atoms with E-state index < -0.39 is 17.9 Å². The number of fused-ring (bicyclic) bond motifs is 1. The van der Waals surface area contributed by atoms with Crippen LogP contribution in [0.1, 0.15) is 25.8 Å². The molecule has 4 N–H and O–H groups in total. The van der Waals surface area contributed by atoms with Gasteiger partial charge in [-0.2, -0.15) is 4.68 Å². The summed E-state index contributed by atoms with van der Waals surface area (Å²) in [6.07, 6.45) is 6.43. The molecule has 13 nitrogen and oxygen atoms in total. The van der Waals surface area contributed by atoms with Crippen LogP contribution < -0.4 is 15.7 Å². The first-order chi connectivity index (χ1) is 19.7. The summed E-state index contributed by atoms with van der Waals surface area (Å²) in [6.45, 7) is 5.14. The van der Waals surface area contributed by atoms with E-state index in [1.165, 1.54) is 27.7 Å². The predicted octanol–water partition coefficient (Wildman–Crippen LogP) is 0.526. The lowest BCUT2D eigenvalue weighted by Crippen LogP contribution is -2.66. The topological polar surface area (TPSA) is 165 Å². The number of nitrogens with two attached hydrogens (primary N) is 1. The van der Waals surface area contributed by atoms with E-state index in [0.717, 1.165) is 29.7 Å². The lowest BCUT2D eigenvalue weighted by Gasteiger charge is -2.47. The molecule has 3 aromatic rings. The van der Waals surface area contributed by atoms with Crippen molar-refractivity contribution in [3.8, 4) is 11.1 Å². The fourth-order valence-corrected chi connectivity index (χ4v) is 6.90. The van der Waals surface area contributed by atoms with Gasteiger partial charge in [-0.3, -0.25) is 9.59 Å². The number of nitrogens with zero attached hydrogens (tertiary/aromatic N) is 7. The Kier molecular flexibility index (Phi) is 8.22. The molecule has 41 heavy (non-hydrogen) atoms. The minimum atomic E-state index is -1.12. The molecule has 14 heteroatoms. The van der Waals surface area contributed by atoms with Gasteiger partial charge in [0.05, 0.1) is 30.3 Å². The highest BCUT2D eigenvalue weighted by Gasteiger charge is 2.60. The third-order valence-electron chi connectivity index (χ3n) is 7.71. The maximum absolute atomic E-state index is 13.1. The number of carboxylic acid groups (broad SMARTS) is 1. The molecule has 0 aliphatic carbocycles. The zero-order valence-electron chi connectivity index (χ0n) is 23.2. The van der Waals surface area contributed by atoms with Crippen molar-refractivity contribution >= 4 is 29.5 Å². The molecular weight excluding hydrogens is 546 g/mol. The lowest BCUT2D eigenvalue weighted by atomic mass is 9.78. The lowest BCUT2D eigenvalue weighted by molar-refractivity contribution is -0.753. The van der Waals surface area contributed by atoms with Gasteiger partial charge in [-0.1, -0.05) is 31.2 Å². The molecule has 0 radical (unpaired) electrons. The summed E-state index contributed by atoms with van der Waals surface area (Å²) >= 11 is 1.45. The van der Waals surface area contributed by atoms with Crippen molar-refractivity contribution in [2.24, 2.45) is 24.6 Å². The van der Waals surface area contributed by atoms with Crippen LogP contribution >= 0.6 is 11.8 Å². The van der Waals surface area contributed by atoms with Crippen molar-refractivity contribution < 1.29 is 24.2 Å². The molecule has 1 aromatic carbocycles. The van der Waals surface area contributed by atoms with Gasteiger partial charge in [0.15, 0.2) is 7.05 Å². The van der Waals surface area contributed by atoms with Crippen LogP contribution in [0.4, 0.5) is 0 Å². The molecule has 4 atom stereocenters. The maximum atomic E-state index is 13.1. The van der Waals surface area contributed by atoms with Crippen LogP contribution in [0.15, 0.2) is 53.6 Å². The highest BCUT2D eigenvalue weighted by atomic mass is 32.2. The summed E-state index contributed by atoms with van der Waals surface area (Å²) in [6, 6.07) is 7.42. The molecule has 0 bridgehead atoms. The Morgan fingerprint density at radius 2 is 2.00 bits per heavy atom. The van der Waals surface area contributed by atoms with E-state index in [1.807, 2.05) is 26.1 Å². The normalized spacial score (nSPS) is 20.6. The quantitative estimate of drug-likeness (QED) is 0.205. The Morgan fingerprint density at radius 1 is 1.24 bits per heavy atom. The summed E-state index contributed by atoms with van der Waals surface area (Å²) in [4.78, 5) is 39.9. The van der Waals surface area contributed by atoms with E-state index in [4.69, 9.17) is 5.73 Å². The minimum Gasteiger partial charge on any atom is -0.477 e. The Balaban J connectivity index is 1.24. The largest absolute Gasteiger partial charge is 0.477 e. The highest BCUT2D eigenvalue weighted by Crippen LogP contribution is 2.51. The van der Waals surface area contributed by atoms with Gasteiger partial charge >= 0.3 is 5.97 Å².